The fourth-order valence-electron chi connectivity index (χ4n) is 2.55. The van der Waals surface area contributed by atoms with Crippen molar-refractivity contribution in [2.75, 3.05) is 7.11 Å². The number of hydrogen-bond acceptors (Lipinski definition) is 3. The van der Waals surface area contributed by atoms with Crippen molar-refractivity contribution < 1.29 is 18.7 Å². The smallest absolute Gasteiger partial charge is 0.338 e. The van der Waals surface area contributed by atoms with Gasteiger partial charge in [-0.2, -0.15) is 0 Å². The summed E-state index contributed by atoms with van der Waals surface area (Å²) in [6.07, 6.45) is 0. The molecule has 0 aromatic heterocycles. The minimum absolute atomic E-state index is 0.124. The number of halogens is 1. The quantitative estimate of drug-likeness (QED) is 0.542. The van der Waals surface area contributed by atoms with E-state index in [0.29, 0.717) is 16.3 Å². The lowest BCUT2D eigenvalue weighted by Gasteiger charge is -2.11. The first-order valence-electron chi connectivity index (χ1n) is 7.02. The van der Waals surface area contributed by atoms with Gasteiger partial charge in [-0.3, -0.25) is 4.79 Å². The Labute approximate surface area is 132 Å². The van der Waals surface area contributed by atoms with Crippen LogP contribution >= 0.6 is 0 Å². The Morgan fingerprint density at radius 2 is 1.65 bits per heavy atom. The Balaban J connectivity index is 2.32. The highest BCUT2D eigenvalue weighted by atomic mass is 19.1. The molecular formula is C19H13FO3. The monoisotopic (exact) mass is 308 g/mol. The molecule has 0 heterocycles. The van der Waals surface area contributed by atoms with Crippen LogP contribution in [0.15, 0.2) is 60.7 Å². The Bertz CT molecular complexity index is 901. The number of ketones is 1. The molecule has 0 fully saturated rings. The first-order valence-corrected chi connectivity index (χ1v) is 7.02. The summed E-state index contributed by atoms with van der Waals surface area (Å²) in [4.78, 5) is 24.9. The van der Waals surface area contributed by atoms with Crippen LogP contribution in [0.3, 0.4) is 0 Å². The van der Waals surface area contributed by atoms with Crippen molar-refractivity contribution in [1.29, 1.82) is 0 Å². The predicted molar refractivity (Wildman–Crippen MR) is 85.1 cm³/mol. The lowest BCUT2D eigenvalue weighted by Crippen LogP contribution is -2.12. The maximum absolute atomic E-state index is 13.7. The van der Waals surface area contributed by atoms with E-state index in [1.807, 2.05) is 0 Å². The number of carbonyl (C=O) groups is 2. The highest BCUT2D eigenvalue weighted by molar-refractivity contribution is 6.21. The van der Waals surface area contributed by atoms with E-state index in [0.717, 1.165) is 0 Å². The van der Waals surface area contributed by atoms with Crippen LogP contribution in [0.25, 0.3) is 10.8 Å². The fraction of sp³-hybridized carbons (Fsp3) is 0.0526. The number of benzene rings is 3. The lowest BCUT2D eigenvalue weighted by molar-refractivity contribution is 0.0598. The maximum atomic E-state index is 13.7. The van der Waals surface area contributed by atoms with Gasteiger partial charge < -0.3 is 4.74 Å². The summed E-state index contributed by atoms with van der Waals surface area (Å²) in [6.45, 7) is 0. The highest BCUT2D eigenvalue weighted by Crippen LogP contribution is 2.26. The van der Waals surface area contributed by atoms with Gasteiger partial charge in [0.05, 0.1) is 12.7 Å². The van der Waals surface area contributed by atoms with Gasteiger partial charge in [-0.15, -0.1) is 0 Å². The van der Waals surface area contributed by atoms with Gasteiger partial charge in [0.15, 0.2) is 5.78 Å². The molecule has 0 bridgehead atoms. The third kappa shape index (κ3) is 2.71. The van der Waals surface area contributed by atoms with E-state index in [-0.39, 0.29) is 16.9 Å². The zero-order chi connectivity index (χ0) is 16.4. The van der Waals surface area contributed by atoms with Crippen LogP contribution in [0.4, 0.5) is 4.39 Å². The Morgan fingerprint density at radius 3 is 2.35 bits per heavy atom. The van der Waals surface area contributed by atoms with Crippen molar-refractivity contribution in [3.63, 3.8) is 0 Å². The lowest BCUT2D eigenvalue weighted by atomic mass is 9.92. The molecular weight excluding hydrogens is 295 g/mol. The van der Waals surface area contributed by atoms with Crippen LogP contribution in [-0.2, 0) is 4.74 Å². The summed E-state index contributed by atoms with van der Waals surface area (Å²) >= 11 is 0. The molecule has 0 radical (unpaired) electrons. The van der Waals surface area contributed by atoms with E-state index in [1.54, 1.807) is 42.5 Å². The van der Waals surface area contributed by atoms with E-state index in [2.05, 4.69) is 0 Å². The van der Waals surface area contributed by atoms with Crippen LogP contribution in [-0.4, -0.2) is 18.9 Å². The van der Waals surface area contributed by atoms with Crippen molar-refractivity contribution in [3.8, 4) is 0 Å². The van der Waals surface area contributed by atoms with Crippen molar-refractivity contribution >= 4 is 22.5 Å². The summed E-state index contributed by atoms with van der Waals surface area (Å²) in [5, 5.41) is 1.07. The number of hydrogen-bond donors (Lipinski definition) is 0. The average Bonchev–Trinajstić information content (AvgIpc) is 2.60. The van der Waals surface area contributed by atoms with E-state index in [9.17, 15) is 14.0 Å². The second kappa shape index (κ2) is 6.01. The van der Waals surface area contributed by atoms with Crippen molar-refractivity contribution in [3.05, 3.63) is 83.2 Å². The van der Waals surface area contributed by atoms with Crippen molar-refractivity contribution in [2.24, 2.45) is 0 Å². The molecule has 0 aliphatic carbocycles. The zero-order valence-electron chi connectivity index (χ0n) is 12.4. The average molecular weight is 308 g/mol. The number of ether oxygens (including phenoxy) is 1. The first kappa shape index (κ1) is 14.9. The van der Waals surface area contributed by atoms with Crippen molar-refractivity contribution in [1.82, 2.24) is 0 Å². The van der Waals surface area contributed by atoms with Crippen LogP contribution < -0.4 is 0 Å². The SMILES string of the molecule is COC(=O)c1ccc2ccc(F)cc2c1C(=O)c1ccccc1. The molecule has 23 heavy (non-hydrogen) atoms. The first-order chi connectivity index (χ1) is 11.1. The molecule has 4 heteroatoms. The number of esters is 1. The molecule has 114 valence electrons. The van der Waals surface area contributed by atoms with Gasteiger partial charge in [-0.05, 0) is 29.0 Å². The zero-order valence-corrected chi connectivity index (χ0v) is 12.4. The fourth-order valence-corrected chi connectivity index (χ4v) is 2.55. The van der Waals surface area contributed by atoms with Crippen LogP contribution in [0.5, 0.6) is 0 Å². The second-order valence-electron chi connectivity index (χ2n) is 5.04. The number of carbonyl (C=O) groups excluding carboxylic acids is 2. The standard InChI is InChI=1S/C19H13FO3/c1-23-19(22)15-10-8-12-7-9-14(20)11-16(12)17(15)18(21)13-5-3-2-4-6-13/h2-11H,1H3. The molecule has 0 atom stereocenters. The molecule has 0 saturated carbocycles. The number of methoxy groups -OCH3 is 1. The Hall–Kier alpha value is -3.01. The second-order valence-corrected chi connectivity index (χ2v) is 5.04. The summed E-state index contributed by atoms with van der Waals surface area (Å²) in [5.74, 6) is -1.45. The molecule has 3 nitrogen and oxygen atoms in total. The normalized spacial score (nSPS) is 10.5. The van der Waals surface area contributed by atoms with Gasteiger partial charge >= 0.3 is 5.97 Å². The molecule has 3 rings (SSSR count). The molecule has 3 aromatic carbocycles. The predicted octanol–water partition coefficient (Wildman–Crippen LogP) is 4.00. The molecule has 0 unspecified atom stereocenters. The Kier molecular flexibility index (Phi) is 3.89. The summed E-state index contributed by atoms with van der Waals surface area (Å²) in [6, 6.07) is 15.9. The van der Waals surface area contributed by atoms with Crippen LogP contribution in [0.1, 0.15) is 26.3 Å². The summed E-state index contributed by atoms with van der Waals surface area (Å²) in [5.41, 5.74) is 0.703. The van der Waals surface area contributed by atoms with Gasteiger partial charge in [0.1, 0.15) is 5.82 Å². The van der Waals surface area contributed by atoms with Gasteiger partial charge in [0.2, 0.25) is 0 Å². The summed E-state index contributed by atoms with van der Waals surface area (Å²) in [7, 11) is 1.24. The maximum Gasteiger partial charge on any atom is 0.338 e. The van der Waals surface area contributed by atoms with E-state index in [4.69, 9.17) is 4.74 Å². The molecule has 0 N–H and O–H groups in total. The molecule has 3 aromatic rings. The highest BCUT2D eigenvalue weighted by Gasteiger charge is 2.22. The van der Waals surface area contributed by atoms with E-state index < -0.39 is 11.8 Å². The summed E-state index contributed by atoms with van der Waals surface area (Å²) < 4.78 is 18.4. The topological polar surface area (TPSA) is 43.4 Å². The van der Waals surface area contributed by atoms with E-state index >= 15 is 0 Å². The number of rotatable bonds is 3. The van der Waals surface area contributed by atoms with Gasteiger partial charge in [0, 0.05) is 11.1 Å². The van der Waals surface area contributed by atoms with Gasteiger partial charge in [0.25, 0.3) is 0 Å². The molecule has 0 aliphatic rings. The molecule has 0 aliphatic heterocycles. The van der Waals surface area contributed by atoms with Crippen molar-refractivity contribution in [2.45, 2.75) is 0 Å². The van der Waals surface area contributed by atoms with E-state index in [1.165, 1.54) is 25.3 Å². The van der Waals surface area contributed by atoms with Gasteiger partial charge in [-0.25, -0.2) is 9.18 Å². The largest absolute Gasteiger partial charge is 0.465 e. The number of fused-ring (bicyclic) bond motifs is 1. The Morgan fingerprint density at radius 1 is 0.957 bits per heavy atom. The third-order valence-electron chi connectivity index (χ3n) is 3.65. The van der Waals surface area contributed by atoms with Crippen LogP contribution in [0, 0.1) is 5.82 Å². The van der Waals surface area contributed by atoms with Gasteiger partial charge in [-0.1, -0.05) is 42.5 Å². The molecule has 0 saturated heterocycles. The molecule has 0 spiro atoms. The third-order valence-corrected chi connectivity index (χ3v) is 3.65. The minimum atomic E-state index is -0.629. The van der Waals surface area contributed by atoms with Crippen LogP contribution in [0.2, 0.25) is 0 Å². The molecule has 0 amide bonds. The minimum Gasteiger partial charge on any atom is -0.465 e.